The molecule has 0 radical (unpaired) electrons. The van der Waals surface area contributed by atoms with E-state index in [2.05, 4.69) is 4.99 Å². The van der Waals surface area contributed by atoms with Gasteiger partial charge in [-0.1, -0.05) is 23.7 Å². The molecule has 156 valence electrons. The summed E-state index contributed by atoms with van der Waals surface area (Å²) in [5, 5.41) is 12.8. The van der Waals surface area contributed by atoms with Crippen LogP contribution in [0.15, 0.2) is 77.1 Å². The molecule has 0 N–H and O–H groups in total. The number of non-ortho nitro benzene ring substituents is 1. The van der Waals surface area contributed by atoms with Gasteiger partial charge in [0.05, 0.1) is 27.9 Å². The summed E-state index contributed by atoms with van der Waals surface area (Å²) in [5.74, 6) is -0.906. The summed E-state index contributed by atoms with van der Waals surface area (Å²) >= 11 is 7.10. The Labute approximate surface area is 184 Å². The molecule has 0 atom stereocenters. The lowest BCUT2D eigenvalue weighted by Crippen LogP contribution is -2.16. The number of benzene rings is 3. The van der Waals surface area contributed by atoms with Crippen LogP contribution < -0.4 is 4.80 Å². The first-order valence-electron chi connectivity index (χ1n) is 9.08. The van der Waals surface area contributed by atoms with Gasteiger partial charge in [-0.15, -0.1) is 11.3 Å². The largest absolute Gasteiger partial charge is 0.312 e. The minimum atomic E-state index is -0.569. The van der Waals surface area contributed by atoms with Crippen LogP contribution in [0.1, 0.15) is 5.56 Å². The number of hydrogen-bond acceptors (Lipinski definition) is 4. The maximum atomic E-state index is 13.9. The maximum absolute atomic E-state index is 13.9. The Hall–Kier alpha value is -3.36. The van der Waals surface area contributed by atoms with Gasteiger partial charge in [0.1, 0.15) is 11.6 Å². The lowest BCUT2D eigenvalue weighted by molar-refractivity contribution is -0.384. The van der Waals surface area contributed by atoms with Gasteiger partial charge >= 0.3 is 0 Å². The summed E-state index contributed by atoms with van der Waals surface area (Å²) in [6, 6.07) is 16.6. The highest BCUT2D eigenvalue weighted by Gasteiger charge is 2.12. The van der Waals surface area contributed by atoms with E-state index in [-0.39, 0.29) is 16.5 Å². The zero-order chi connectivity index (χ0) is 22.0. The fourth-order valence-electron chi connectivity index (χ4n) is 2.99. The molecule has 3 aromatic carbocycles. The van der Waals surface area contributed by atoms with Crippen LogP contribution >= 0.6 is 22.9 Å². The quantitative estimate of drug-likeness (QED) is 0.259. The van der Waals surface area contributed by atoms with E-state index < -0.39 is 10.7 Å². The third kappa shape index (κ3) is 4.70. The minimum absolute atomic E-state index is 0.00869. The van der Waals surface area contributed by atoms with Gasteiger partial charge in [-0.3, -0.25) is 10.1 Å². The summed E-state index contributed by atoms with van der Waals surface area (Å²) in [6.45, 7) is 0.380. The zero-order valence-corrected chi connectivity index (χ0v) is 17.4. The fraction of sp³-hybridized carbons (Fsp3) is 0.0455. The van der Waals surface area contributed by atoms with Crippen LogP contribution in [0.2, 0.25) is 5.02 Å². The Kier molecular flexibility index (Phi) is 5.92. The number of thiazole rings is 1. The predicted molar refractivity (Wildman–Crippen MR) is 117 cm³/mol. The third-order valence-corrected chi connectivity index (χ3v) is 5.72. The van der Waals surface area contributed by atoms with E-state index in [1.54, 1.807) is 30.3 Å². The molecule has 0 amide bonds. The van der Waals surface area contributed by atoms with Crippen LogP contribution in [0.25, 0.3) is 11.3 Å². The van der Waals surface area contributed by atoms with Crippen molar-refractivity contribution in [1.29, 1.82) is 0 Å². The van der Waals surface area contributed by atoms with Gasteiger partial charge in [0.25, 0.3) is 5.69 Å². The first kappa shape index (κ1) is 20.9. The van der Waals surface area contributed by atoms with E-state index in [4.69, 9.17) is 11.6 Å². The maximum Gasteiger partial charge on any atom is 0.269 e. The van der Waals surface area contributed by atoms with Crippen molar-refractivity contribution >= 4 is 34.3 Å². The Morgan fingerprint density at radius 2 is 1.74 bits per heavy atom. The van der Waals surface area contributed by atoms with Crippen molar-refractivity contribution in [2.75, 3.05) is 0 Å². The molecule has 4 rings (SSSR count). The van der Waals surface area contributed by atoms with Crippen molar-refractivity contribution in [3.8, 4) is 11.3 Å². The number of rotatable bonds is 5. The molecule has 0 fully saturated rings. The van der Waals surface area contributed by atoms with Crippen molar-refractivity contribution < 1.29 is 13.7 Å². The lowest BCUT2D eigenvalue weighted by Gasteiger charge is -2.10. The molecule has 0 bridgehead atoms. The van der Waals surface area contributed by atoms with Gasteiger partial charge in [0, 0.05) is 23.6 Å². The average Bonchev–Trinajstić information content (AvgIpc) is 3.14. The van der Waals surface area contributed by atoms with Crippen LogP contribution in [-0.4, -0.2) is 9.49 Å². The van der Waals surface area contributed by atoms with Gasteiger partial charge in [-0.2, -0.15) is 0 Å². The highest BCUT2D eigenvalue weighted by atomic mass is 35.5. The highest BCUT2D eigenvalue weighted by Crippen LogP contribution is 2.25. The van der Waals surface area contributed by atoms with Crippen LogP contribution in [0.5, 0.6) is 0 Å². The second-order valence-electron chi connectivity index (χ2n) is 6.63. The molecule has 9 heteroatoms. The topological polar surface area (TPSA) is 60.4 Å². The van der Waals surface area contributed by atoms with E-state index in [1.165, 1.54) is 47.7 Å². The number of nitrogens with zero attached hydrogens (tertiary/aromatic N) is 3. The Balaban J connectivity index is 1.82. The van der Waals surface area contributed by atoms with Gasteiger partial charge in [-0.05, 0) is 47.5 Å². The van der Waals surface area contributed by atoms with Crippen molar-refractivity contribution in [3.05, 3.63) is 109 Å². The molecule has 0 aliphatic heterocycles. The van der Waals surface area contributed by atoms with Crippen molar-refractivity contribution in [1.82, 2.24) is 4.57 Å². The van der Waals surface area contributed by atoms with Crippen molar-refractivity contribution in [3.63, 3.8) is 0 Å². The standard InChI is InChI=1S/C22H14ClF2N3O2S/c23-19-10-7-17(11-20(19)25)26-22-27(12-14-1-5-16(24)6-2-14)21(13-31-22)15-3-8-18(9-4-15)28(29)30/h1-11,13H,12H2. The molecule has 1 heterocycles. The molecule has 1 aromatic heterocycles. The predicted octanol–water partition coefficient (Wildman–Crippen LogP) is 6.34. The normalized spacial score (nSPS) is 11.6. The Bertz CT molecular complexity index is 1320. The lowest BCUT2D eigenvalue weighted by atomic mass is 10.1. The SMILES string of the molecule is O=[N+]([O-])c1ccc(-c2csc(=Nc3ccc(Cl)c(F)c3)n2Cc2ccc(F)cc2)cc1. The zero-order valence-electron chi connectivity index (χ0n) is 15.8. The molecule has 4 aromatic rings. The van der Waals surface area contributed by atoms with E-state index in [0.29, 0.717) is 17.0 Å². The number of nitro groups is 1. The van der Waals surface area contributed by atoms with Crippen molar-refractivity contribution in [2.45, 2.75) is 6.54 Å². The third-order valence-electron chi connectivity index (χ3n) is 4.55. The summed E-state index contributed by atoms with van der Waals surface area (Å²) in [7, 11) is 0. The number of hydrogen-bond donors (Lipinski definition) is 0. The smallest absolute Gasteiger partial charge is 0.269 e. The van der Waals surface area contributed by atoms with Crippen molar-refractivity contribution in [2.24, 2.45) is 4.99 Å². The number of halogens is 3. The summed E-state index contributed by atoms with van der Waals surface area (Å²) in [6.07, 6.45) is 0. The molecule has 0 saturated heterocycles. The second kappa shape index (κ2) is 8.79. The molecule has 31 heavy (non-hydrogen) atoms. The highest BCUT2D eigenvalue weighted by molar-refractivity contribution is 7.07. The fourth-order valence-corrected chi connectivity index (χ4v) is 4.04. The molecule has 5 nitrogen and oxygen atoms in total. The minimum Gasteiger partial charge on any atom is -0.312 e. The van der Waals surface area contributed by atoms with E-state index >= 15 is 0 Å². The first-order chi connectivity index (χ1) is 14.9. The Morgan fingerprint density at radius 1 is 1.03 bits per heavy atom. The average molecular weight is 458 g/mol. The molecular formula is C22H14ClF2N3O2S. The summed E-state index contributed by atoms with van der Waals surface area (Å²) in [4.78, 5) is 15.6. The van der Waals surface area contributed by atoms with E-state index in [9.17, 15) is 18.9 Å². The monoisotopic (exact) mass is 457 g/mol. The van der Waals surface area contributed by atoms with Gasteiger partial charge in [-0.25, -0.2) is 13.8 Å². The number of nitro benzene ring substituents is 1. The Morgan fingerprint density at radius 3 is 2.39 bits per heavy atom. The van der Waals surface area contributed by atoms with Crippen LogP contribution in [0.4, 0.5) is 20.2 Å². The van der Waals surface area contributed by atoms with Gasteiger partial charge in [0.15, 0.2) is 4.80 Å². The molecule has 0 aliphatic rings. The molecular weight excluding hydrogens is 444 g/mol. The molecule has 0 unspecified atom stereocenters. The summed E-state index contributed by atoms with van der Waals surface area (Å²) < 4.78 is 29.1. The van der Waals surface area contributed by atoms with E-state index in [1.807, 2.05) is 9.95 Å². The molecule has 0 saturated carbocycles. The van der Waals surface area contributed by atoms with Crippen LogP contribution in [0.3, 0.4) is 0 Å². The molecule has 0 aliphatic carbocycles. The van der Waals surface area contributed by atoms with Crippen LogP contribution in [0, 0.1) is 21.7 Å². The number of aromatic nitrogens is 1. The van der Waals surface area contributed by atoms with Gasteiger partial charge < -0.3 is 4.57 Å². The second-order valence-corrected chi connectivity index (χ2v) is 7.87. The van der Waals surface area contributed by atoms with Crippen LogP contribution in [-0.2, 0) is 6.54 Å². The van der Waals surface area contributed by atoms with E-state index in [0.717, 1.165) is 16.8 Å². The molecule has 0 spiro atoms. The summed E-state index contributed by atoms with van der Waals surface area (Å²) in [5.41, 5.74) is 2.76. The van der Waals surface area contributed by atoms with Gasteiger partial charge in [0.2, 0.25) is 0 Å². The first-order valence-corrected chi connectivity index (χ1v) is 10.3.